The Labute approximate surface area is 215 Å². The third kappa shape index (κ3) is 4.57. The summed E-state index contributed by atoms with van der Waals surface area (Å²) in [5.74, 6) is -3.59. The molecule has 2 aliphatic rings. The van der Waals surface area contributed by atoms with E-state index < -0.39 is 51.6 Å². The summed E-state index contributed by atoms with van der Waals surface area (Å²) in [6.45, 7) is -0.506. The molecule has 0 radical (unpaired) electrons. The van der Waals surface area contributed by atoms with Crippen LogP contribution in [0.5, 0.6) is 0 Å². The van der Waals surface area contributed by atoms with Crippen LogP contribution in [-0.4, -0.2) is 47.2 Å². The number of benzene rings is 2. The highest BCUT2D eigenvalue weighted by Gasteiger charge is 2.55. The van der Waals surface area contributed by atoms with Gasteiger partial charge in [0.05, 0.1) is 33.8 Å². The number of alkyl halides is 2. The van der Waals surface area contributed by atoms with Gasteiger partial charge in [-0.1, -0.05) is 62.2 Å². The van der Waals surface area contributed by atoms with E-state index in [0.717, 1.165) is 16.1 Å². The van der Waals surface area contributed by atoms with Crippen molar-refractivity contribution in [2.24, 2.45) is 11.8 Å². The van der Waals surface area contributed by atoms with Crippen molar-refractivity contribution in [3.8, 4) is 0 Å². The Hall–Kier alpha value is -3.19. The van der Waals surface area contributed by atoms with Gasteiger partial charge in [0.2, 0.25) is 0 Å². The number of amides is 3. The van der Waals surface area contributed by atoms with Crippen molar-refractivity contribution in [3.05, 3.63) is 79.9 Å². The fourth-order valence-electron chi connectivity index (χ4n) is 4.49. The summed E-state index contributed by atoms with van der Waals surface area (Å²) in [5.41, 5.74) is -1.10. The first-order valence-electron chi connectivity index (χ1n) is 10.5. The van der Waals surface area contributed by atoms with Crippen LogP contribution in [0.3, 0.4) is 0 Å². The molecule has 0 spiro atoms. The molecule has 4 atom stereocenters. The van der Waals surface area contributed by atoms with Gasteiger partial charge in [0.15, 0.2) is 0 Å². The van der Waals surface area contributed by atoms with E-state index in [1.165, 1.54) is 42.5 Å². The number of hydrogen-bond acceptors (Lipinski definition) is 7. The van der Waals surface area contributed by atoms with E-state index in [0.29, 0.717) is 12.8 Å². The highest BCUT2D eigenvalue weighted by molar-refractivity contribution is 9.12. The monoisotopic (exact) mass is 608 g/mol. The van der Waals surface area contributed by atoms with Gasteiger partial charge in [-0.3, -0.25) is 34.6 Å². The highest BCUT2D eigenvalue weighted by atomic mass is 79.9. The maximum atomic E-state index is 13.7. The number of nitro groups is 2. The number of nitrogens with zero attached hydrogens (tertiary/aromatic N) is 4. The molecule has 2 aromatic rings. The van der Waals surface area contributed by atoms with Crippen LogP contribution < -0.4 is 0 Å². The second kappa shape index (κ2) is 9.82. The van der Waals surface area contributed by atoms with Crippen LogP contribution in [0, 0.1) is 32.1 Å². The highest BCUT2D eigenvalue weighted by Crippen LogP contribution is 2.44. The predicted molar refractivity (Wildman–Crippen MR) is 130 cm³/mol. The fraction of sp³-hybridized carbons (Fsp3) is 0.318. The predicted octanol–water partition coefficient (Wildman–Crippen LogP) is 3.98. The third-order valence-corrected chi connectivity index (χ3v) is 8.94. The number of imide groups is 1. The van der Waals surface area contributed by atoms with Gasteiger partial charge in [-0.15, -0.1) is 0 Å². The number of carbonyl (C=O) groups excluding carboxylic acids is 3. The first kappa shape index (κ1) is 24.9. The van der Waals surface area contributed by atoms with Crippen LogP contribution in [-0.2, 0) is 16.1 Å². The second-order valence-corrected chi connectivity index (χ2v) is 10.6. The fourth-order valence-corrected chi connectivity index (χ4v) is 5.72. The lowest BCUT2D eigenvalue weighted by Gasteiger charge is -2.30. The smallest absolute Gasteiger partial charge is 0.272 e. The summed E-state index contributed by atoms with van der Waals surface area (Å²) in [5, 5.41) is 24.6. The molecule has 182 valence electrons. The first-order valence-corrected chi connectivity index (χ1v) is 12.4. The molecule has 3 amide bonds. The van der Waals surface area contributed by atoms with Crippen molar-refractivity contribution in [2.45, 2.75) is 29.0 Å². The van der Waals surface area contributed by atoms with Crippen molar-refractivity contribution in [1.82, 2.24) is 10.0 Å². The molecule has 0 unspecified atom stereocenters. The Morgan fingerprint density at radius 1 is 0.886 bits per heavy atom. The Balaban J connectivity index is 1.81. The minimum Gasteiger partial charge on any atom is -0.272 e. The normalized spacial score (nSPS) is 23.7. The molecule has 1 aliphatic carbocycles. The van der Waals surface area contributed by atoms with Gasteiger partial charge < -0.3 is 0 Å². The van der Waals surface area contributed by atoms with E-state index >= 15 is 0 Å². The van der Waals surface area contributed by atoms with Crippen molar-refractivity contribution < 1.29 is 24.2 Å². The molecule has 4 rings (SSSR count). The van der Waals surface area contributed by atoms with Gasteiger partial charge in [0.25, 0.3) is 29.1 Å². The molecule has 1 saturated heterocycles. The number of nitro benzene ring substituents is 2. The van der Waals surface area contributed by atoms with Gasteiger partial charge in [-0.2, -0.15) is 5.01 Å². The lowest BCUT2D eigenvalue weighted by atomic mass is 9.81. The lowest BCUT2D eigenvalue weighted by molar-refractivity contribution is -0.385. The Kier molecular flexibility index (Phi) is 6.99. The van der Waals surface area contributed by atoms with E-state index in [1.54, 1.807) is 0 Å². The molecule has 1 saturated carbocycles. The molecule has 1 aliphatic heterocycles. The maximum absolute atomic E-state index is 13.7. The molecule has 0 aromatic heterocycles. The van der Waals surface area contributed by atoms with E-state index in [4.69, 9.17) is 0 Å². The summed E-state index contributed by atoms with van der Waals surface area (Å²) in [6, 6.07) is 10.8. The minimum absolute atomic E-state index is 0.0663. The molecule has 35 heavy (non-hydrogen) atoms. The van der Waals surface area contributed by atoms with E-state index in [2.05, 4.69) is 31.9 Å². The van der Waals surface area contributed by atoms with Crippen LogP contribution in [0.25, 0.3) is 0 Å². The molecule has 13 heteroatoms. The number of rotatable bonds is 6. The molecule has 0 N–H and O–H groups in total. The lowest BCUT2D eigenvalue weighted by Crippen LogP contribution is -2.50. The third-order valence-electron chi connectivity index (χ3n) is 6.20. The molecule has 1 heterocycles. The first-order chi connectivity index (χ1) is 16.6. The average Bonchev–Trinajstić information content (AvgIpc) is 3.06. The van der Waals surface area contributed by atoms with Crippen molar-refractivity contribution in [1.29, 1.82) is 0 Å². The topological polar surface area (TPSA) is 144 Å². The van der Waals surface area contributed by atoms with E-state index in [9.17, 15) is 34.6 Å². The van der Waals surface area contributed by atoms with Crippen LogP contribution in [0.1, 0.15) is 28.8 Å². The van der Waals surface area contributed by atoms with Gasteiger partial charge in [0, 0.05) is 21.8 Å². The molecule has 2 fully saturated rings. The molecular formula is C22H18Br2N4O7. The summed E-state index contributed by atoms with van der Waals surface area (Å²) in [4.78, 5) is 62.1. The average molecular weight is 610 g/mol. The zero-order chi connectivity index (χ0) is 25.4. The Bertz CT molecular complexity index is 1210. The van der Waals surface area contributed by atoms with Gasteiger partial charge in [-0.05, 0) is 18.9 Å². The molecule has 11 nitrogen and oxygen atoms in total. The number of halogens is 2. The quantitative estimate of drug-likeness (QED) is 0.208. The maximum Gasteiger partial charge on any atom is 0.282 e. The number of hydrogen-bond donors (Lipinski definition) is 0. The van der Waals surface area contributed by atoms with Gasteiger partial charge in [-0.25, -0.2) is 5.01 Å². The molecule has 0 bridgehead atoms. The van der Waals surface area contributed by atoms with Crippen LogP contribution in [0.15, 0.2) is 48.5 Å². The van der Waals surface area contributed by atoms with Crippen LogP contribution in [0.4, 0.5) is 11.4 Å². The summed E-state index contributed by atoms with van der Waals surface area (Å²) in [7, 11) is 0. The van der Waals surface area contributed by atoms with Crippen molar-refractivity contribution in [3.63, 3.8) is 0 Å². The minimum atomic E-state index is -0.985. The number of para-hydroxylation sites is 2. The zero-order valence-corrected chi connectivity index (χ0v) is 21.1. The Morgan fingerprint density at radius 3 is 1.91 bits per heavy atom. The van der Waals surface area contributed by atoms with Gasteiger partial charge >= 0.3 is 0 Å². The van der Waals surface area contributed by atoms with E-state index in [-0.39, 0.29) is 26.5 Å². The largest absolute Gasteiger partial charge is 0.282 e. The Morgan fingerprint density at radius 2 is 1.37 bits per heavy atom. The second-order valence-electron chi connectivity index (χ2n) is 8.23. The number of carbonyl (C=O) groups is 3. The number of fused-ring (bicyclic) bond motifs is 1. The summed E-state index contributed by atoms with van der Waals surface area (Å²) >= 11 is 7.01. The molecule has 2 aromatic carbocycles. The van der Waals surface area contributed by atoms with Gasteiger partial charge in [0.1, 0.15) is 5.56 Å². The number of hydrazine groups is 1. The zero-order valence-electron chi connectivity index (χ0n) is 18.0. The molecular weight excluding hydrogens is 592 g/mol. The SMILES string of the molecule is O=C(c1ccccc1[N+](=O)[O-])N(Cc1ccccc1[N+](=O)[O-])N1C(=O)[C@@H]2C[C@@H](Br)[C@@H](Br)C[C@H]2C1=O. The standard InChI is InChI=1S/C22H18Br2N4O7/c23-16-9-14-15(10-17(16)24)22(31)26(21(14)30)25(11-12-5-1-3-7-18(12)27(32)33)20(29)13-6-2-4-8-19(13)28(34)35/h1-8,14-17H,9-11H2/t14-,15-,16-,17+/m1/s1. The van der Waals surface area contributed by atoms with Crippen molar-refractivity contribution >= 4 is 61.0 Å². The summed E-state index contributed by atoms with van der Waals surface area (Å²) in [6.07, 6.45) is 0.696. The van der Waals surface area contributed by atoms with Crippen LogP contribution >= 0.6 is 31.9 Å². The van der Waals surface area contributed by atoms with Crippen molar-refractivity contribution in [2.75, 3.05) is 0 Å². The van der Waals surface area contributed by atoms with E-state index in [1.807, 2.05) is 0 Å². The van der Waals surface area contributed by atoms with Crippen LogP contribution in [0.2, 0.25) is 0 Å². The summed E-state index contributed by atoms with van der Waals surface area (Å²) < 4.78 is 0.